The van der Waals surface area contributed by atoms with E-state index >= 15 is 0 Å². The Kier molecular flexibility index (Phi) is 13.0. The van der Waals surface area contributed by atoms with E-state index in [9.17, 15) is 4.79 Å². The van der Waals surface area contributed by atoms with Crippen LogP contribution >= 0.6 is 0 Å². The highest BCUT2D eigenvalue weighted by molar-refractivity contribution is 5.99. The molecule has 0 bridgehead atoms. The Hall–Kier alpha value is -3.53. The second kappa shape index (κ2) is 16.7. The number of aromatic nitrogens is 2. The van der Waals surface area contributed by atoms with Gasteiger partial charge in [-0.2, -0.15) is 0 Å². The summed E-state index contributed by atoms with van der Waals surface area (Å²) in [6.07, 6.45) is 9.33. The number of oxime groups is 2. The highest BCUT2D eigenvalue weighted by atomic mass is 16.6. The van der Waals surface area contributed by atoms with Crippen LogP contribution in [0.2, 0.25) is 0 Å². The summed E-state index contributed by atoms with van der Waals surface area (Å²) in [5, 5.41) is 11.6. The lowest BCUT2D eigenvalue weighted by Gasteiger charge is -2.33. The van der Waals surface area contributed by atoms with E-state index in [0.29, 0.717) is 24.9 Å². The van der Waals surface area contributed by atoms with Crippen molar-refractivity contribution in [3.05, 3.63) is 60.2 Å². The summed E-state index contributed by atoms with van der Waals surface area (Å²) in [6.45, 7) is 9.29. The summed E-state index contributed by atoms with van der Waals surface area (Å²) >= 11 is 0. The highest BCUT2D eigenvalue weighted by Crippen LogP contribution is 2.24. The monoisotopic (exact) mass is 566 g/mol. The van der Waals surface area contributed by atoms with Gasteiger partial charge < -0.3 is 24.6 Å². The molecule has 2 saturated heterocycles. The summed E-state index contributed by atoms with van der Waals surface area (Å²) < 4.78 is 5.43. The fourth-order valence-corrected chi connectivity index (χ4v) is 4.94. The van der Waals surface area contributed by atoms with Gasteiger partial charge in [0.15, 0.2) is 0 Å². The molecule has 0 aromatic carbocycles. The van der Waals surface area contributed by atoms with Gasteiger partial charge in [-0.3, -0.25) is 9.97 Å². The maximum atomic E-state index is 12.1. The molecule has 1 amide bonds. The number of carbonyl (C=O) groups is 1. The Morgan fingerprint density at radius 1 is 0.854 bits per heavy atom. The number of hydrogen-bond acceptors (Lipinski definition) is 9. The largest absolute Gasteiger partial charge is 0.444 e. The van der Waals surface area contributed by atoms with Gasteiger partial charge >= 0.3 is 6.09 Å². The van der Waals surface area contributed by atoms with E-state index in [1.165, 1.54) is 12.8 Å². The number of nitrogens with one attached hydrogen (secondary N) is 1. The predicted octanol–water partition coefficient (Wildman–Crippen LogP) is 5.29. The second-order valence-corrected chi connectivity index (χ2v) is 11.4. The first-order chi connectivity index (χ1) is 19.8. The Morgan fingerprint density at radius 2 is 1.34 bits per heavy atom. The number of ether oxygens (including phenoxy) is 1. The van der Waals surface area contributed by atoms with E-state index in [2.05, 4.69) is 25.6 Å². The van der Waals surface area contributed by atoms with Crippen LogP contribution in [0.15, 0.2) is 59.1 Å². The predicted molar refractivity (Wildman–Crippen MR) is 161 cm³/mol. The van der Waals surface area contributed by atoms with E-state index in [0.717, 1.165) is 61.6 Å². The van der Waals surface area contributed by atoms with E-state index in [4.69, 9.17) is 14.4 Å². The molecule has 0 saturated carbocycles. The van der Waals surface area contributed by atoms with Crippen molar-refractivity contribution in [3.8, 4) is 0 Å². The molecule has 10 heteroatoms. The molecule has 2 aliphatic rings. The molecule has 2 aliphatic heterocycles. The molecule has 4 rings (SSSR count). The minimum Gasteiger partial charge on any atom is -0.444 e. The molecule has 1 N–H and O–H groups in total. The van der Waals surface area contributed by atoms with Gasteiger partial charge in [-0.25, -0.2) is 4.79 Å². The fourth-order valence-electron chi connectivity index (χ4n) is 4.94. The molecular weight excluding hydrogens is 520 g/mol. The van der Waals surface area contributed by atoms with Crippen molar-refractivity contribution in [3.63, 3.8) is 0 Å². The van der Waals surface area contributed by atoms with E-state index in [1.54, 1.807) is 31.5 Å². The Morgan fingerprint density at radius 3 is 1.76 bits per heavy atom. The molecule has 2 aromatic rings. The molecule has 0 unspecified atom stereocenters. The summed E-state index contributed by atoms with van der Waals surface area (Å²) in [4.78, 5) is 32.5. The first kappa shape index (κ1) is 32.0. The standard InChI is InChI=1S/C18H27N3O3.C13H19N3O/c1-18(2,3)24-17(22)21-11-8-14(9-12-21)13-16(20-23-4)15-7-5-6-10-19-15;1-17-16-13(12-4-2-3-7-15-12)10-11-5-8-14-9-6-11/h5-7,10,14H,8-9,11-13H2,1-4H3;2-4,7,11,14H,5-6,8-10H2,1H3/b20-16+;16-13+. The summed E-state index contributed by atoms with van der Waals surface area (Å²) in [5.41, 5.74) is 3.13. The number of likely N-dealkylation sites (tertiary alicyclic amines) is 1. The molecule has 2 aromatic heterocycles. The van der Waals surface area contributed by atoms with Gasteiger partial charge in [-0.05, 0) is 108 Å². The van der Waals surface area contributed by atoms with E-state index in [1.807, 2.05) is 57.2 Å². The third-order valence-corrected chi connectivity index (χ3v) is 7.01. The Balaban J connectivity index is 0.000000239. The van der Waals surface area contributed by atoms with Crippen molar-refractivity contribution in [1.29, 1.82) is 0 Å². The van der Waals surface area contributed by atoms with E-state index < -0.39 is 5.60 Å². The lowest BCUT2D eigenvalue weighted by molar-refractivity contribution is 0.0186. The molecule has 0 aliphatic carbocycles. The lowest BCUT2D eigenvalue weighted by Crippen LogP contribution is -2.42. The molecular formula is C31H46N6O4. The fraction of sp³-hybridized carbons (Fsp3) is 0.581. The maximum absolute atomic E-state index is 12.1. The first-order valence-corrected chi connectivity index (χ1v) is 14.5. The van der Waals surface area contributed by atoms with Crippen LogP contribution in [0.5, 0.6) is 0 Å². The van der Waals surface area contributed by atoms with E-state index in [-0.39, 0.29) is 6.09 Å². The van der Waals surface area contributed by atoms with Gasteiger partial charge in [0, 0.05) is 25.5 Å². The molecule has 0 atom stereocenters. The zero-order valence-corrected chi connectivity index (χ0v) is 25.2. The Labute approximate surface area is 244 Å². The molecule has 0 spiro atoms. The summed E-state index contributed by atoms with van der Waals surface area (Å²) in [7, 11) is 3.14. The third kappa shape index (κ3) is 11.5. The third-order valence-electron chi connectivity index (χ3n) is 7.01. The normalized spacial score (nSPS) is 17.3. The molecule has 4 heterocycles. The van der Waals surface area contributed by atoms with Gasteiger partial charge in [0.1, 0.15) is 31.2 Å². The van der Waals surface area contributed by atoms with Crippen molar-refractivity contribution in [1.82, 2.24) is 20.2 Å². The van der Waals surface area contributed by atoms with Crippen LogP contribution in [-0.2, 0) is 14.4 Å². The Bertz CT molecular complexity index is 1090. The van der Waals surface area contributed by atoms with Crippen LogP contribution in [0, 0.1) is 11.8 Å². The lowest BCUT2D eigenvalue weighted by atomic mass is 9.90. The quantitative estimate of drug-likeness (QED) is 0.341. The zero-order chi connectivity index (χ0) is 29.5. The van der Waals surface area contributed by atoms with Crippen molar-refractivity contribution in [2.75, 3.05) is 40.4 Å². The van der Waals surface area contributed by atoms with Crippen LogP contribution in [0.25, 0.3) is 0 Å². The average molecular weight is 567 g/mol. The number of pyridine rings is 2. The molecule has 41 heavy (non-hydrogen) atoms. The summed E-state index contributed by atoms with van der Waals surface area (Å²) in [6, 6.07) is 11.6. The first-order valence-electron chi connectivity index (χ1n) is 14.5. The minimum absolute atomic E-state index is 0.226. The number of nitrogens with zero attached hydrogens (tertiary/aromatic N) is 5. The molecule has 10 nitrogen and oxygen atoms in total. The molecule has 0 radical (unpaired) electrons. The highest BCUT2D eigenvalue weighted by Gasteiger charge is 2.28. The molecule has 224 valence electrons. The van der Waals surface area contributed by atoms with Gasteiger partial charge in [-0.15, -0.1) is 0 Å². The van der Waals surface area contributed by atoms with Crippen LogP contribution in [0.3, 0.4) is 0 Å². The molecule has 2 fully saturated rings. The van der Waals surface area contributed by atoms with Crippen molar-refractivity contribution in [2.45, 2.75) is 64.9 Å². The average Bonchev–Trinajstić information content (AvgIpc) is 2.98. The zero-order valence-electron chi connectivity index (χ0n) is 25.2. The minimum atomic E-state index is -0.453. The van der Waals surface area contributed by atoms with Gasteiger partial charge in [0.05, 0.1) is 11.4 Å². The van der Waals surface area contributed by atoms with Gasteiger partial charge in [-0.1, -0.05) is 22.4 Å². The second-order valence-electron chi connectivity index (χ2n) is 11.4. The van der Waals surface area contributed by atoms with Crippen molar-refractivity contribution < 1.29 is 19.2 Å². The van der Waals surface area contributed by atoms with Crippen LogP contribution in [0.4, 0.5) is 4.79 Å². The van der Waals surface area contributed by atoms with Crippen molar-refractivity contribution >= 4 is 17.5 Å². The number of hydrogen-bond donors (Lipinski definition) is 1. The number of rotatable bonds is 8. The van der Waals surface area contributed by atoms with Crippen LogP contribution in [0.1, 0.15) is 70.7 Å². The van der Waals surface area contributed by atoms with Crippen molar-refractivity contribution in [2.24, 2.45) is 22.1 Å². The van der Waals surface area contributed by atoms with Crippen LogP contribution < -0.4 is 5.32 Å². The SMILES string of the molecule is CO/N=C(\CC1CCN(C(=O)OC(C)(C)C)CC1)c1ccccn1.CO/N=C(\CC1CCNCC1)c1ccccn1. The topological polar surface area (TPSA) is 111 Å². The van der Waals surface area contributed by atoms with Gasteiger partial charge in [0.25, 0.3) is 0 Å². The van der Waals surface area contributed by atoms with Gasteiger partial charge in [0.2, 0.25) is 0 Å². The maximum Gasteiger partial charge on any atom is 0.410 e. The summed E-state index contributed by atoms with van der Waals surface area (Å²) in [5.74, 6) is 1.15. The van der Waals surface area contributed by atoms with Crippen LogP contribution in [-0.4, -0.2) is 78.4 Å². The number of carbonyl (C=O) groups excluding carboxylic acids is 1. The smallest absolute Gasteiger partial charge is 0.410 e. The number of amides is 1. The number of piperidine rings is 2.